The zero-order valence-corrected chi connectivity index (χ0v) is 20.1. The predicted octanol–water partition coefficient (Wildman–Crippen LogP) is 4.06. The molecule has 1 aliphatic rings. The number of anilines is 2. The number of nitrogen functional groups attached to an aromatic ring is 1. The molecule has 1 fully saturated rings. The van der Waals surface area contributed by atoms with Crippen molar-refractivity contribution >= 4 is 39.5 Å². The minimum absolute atomic E-state index is 0.277. The number of carbonyl (C=O) groups is 2. The molecule has 0 radical (unpaired) electrons. The maximum Gasteiger partial charge on any atom is 0.410 e. The smallest absolute Gasteiger partial charge is 0.410 e. The van der Waals surface area contributed by atoms with Crippen LogP contribution in [0.2, 0.25) is 0 Å². The number of benzene rings is 1. The number of aromatic nitrogens is 1. The molecule has 10 heteroatoms. The second kappa shape index (κ2) is 9.64. The molecular weight excluding hydrogens is 480 g/mol. The fraction of sp³-hybridized carbons (Fsp3) is 0.409. The number of carbonyl (C=O) groups excluding carboxylic acids is 2. The first-order valence-electron chi connectivity index (χ1n) is 10.1. The molecule has 1 aromatic carbocycles. The third kappa shape index (κ3) is 5.61. The SMILES string of the molecule is COC(=O)c1c(Br)cccc1Oc1cnc(N)c(N2CCN(C(=O)OC(C)(C)C)CC2)c1. The Morgan fingerprint density at radius 1 is 1.16 bits per heavy atom. The van der Waals surface area contributed by atoms with Gasteiger partial charge in [0.15, 0.2) is 0 Å². The molecule has 172 valence electrons. The van der Waals surface area contributed by atoms with E-state index in [1.807, 2.05) is 25.7 Å². The minimum Gasteiger partial charge on any atom is -0.465 e. The van der Waals surface area contributed by atoms with Gasteiger partial charge < -0.3 is 29.7 Å². The molecule has 1 amide bonds. The third-order valence-electron chi connectivity index (χ3n) is 4.74. The van der Waals surface area contributed by atoms with Gasteiger partial charge in [0, 0.05) is 36.7 Å². The van der Waals surface area contributed by atoms with Crippen molar-refractivity contribution < 1.29 is 23.8 Å². The first-order valence-corrected chi connectivity index (χ1v) is 10.9. The summed E-state index contributed by atoms with van der Waals surface area (Å²) in [6.07, 6.45) is 1.17. The number of ether oxygens (including phenoxy) is 3. The molecule has 0 aliphatic carbocycles. The van der Waals surface area contributed by atoms with Gasteiger partial charge in [0.1, 0.15) is 28.5 Å². The number of rotatable bonds is 4. The second-order valence-electron chi connectivity index (χ2n) is 8.24. The van der Waals surface area contributed by atoms with E-state index in [4.69, 9.17) is 19.9 Å². The lowest BCUT2D eigenvalue weighted by molar-refractivity contribution is 0.0240. The van der Waals surface area contributed by atoms with Crippen LogP contribution in [0, 0.1) is 0 Å². The molecule has 2 aromatic rings. The molecule has 0 unspecified atom stereocenters. The third-order valence-corrected chi connectivity index (χ3v) is 5.40. The summed E-state index contributed by atoms with van der Waals surface area (Å²) >= 11 is 3.36. The van der Waals surface area contributed by atoms with Crippen LogP contribution in [0.5, 0.6) is 11.5 Å². The summed E-state index contributed by atoms with van der Waals surface area (Å²) in [5.41, 5.74) is 6.55. The summed E-state index contributed by atoms with van der Waals surface area (Å²) in [5.74, 6) is 0.588. The van der Waals surface area contributed by atoms with Crippen molar-refractivity contribution in [3.05, 3.63) is 40.5 Å². The van der Waals surface area contributed by atoms with E-state index in [9.17, 15) is 9.59 Å². The van der Waals surface area contributed by atoms with Crippen molar-refractivity contribution in [3.63, 3.8) is 0 Å². The lowest BCUT2D eigenvalue weighted by atomic mass is 10.2. The van der Waals surface area contributed by atoms with Gasteiger partial charge in [-0.25, -0.2) is 14.6 Å². The molecule has 9 nitrogen and oxygen atoms in total. The van der Waals surface area contributed by atoms with E-state index < -0.39 is 11.6 Å². The predicted molar refractivity (Wildman–Crippen MR) is 124 cm³/mol. The number of amides is 1. The van der Waals surface area contributed by atoms with Gasteiger partial charge in [-0.2, -0.15) is 0 Å². The van der Waals surface area contributed by atoms with Crippen LogP contribution in [0.1, 0.15) is 31.1 Å². The van der Waals surface area contributed by atoms with Gasteiger partial charge in [0.25, 0.3) is 0 Å². The average molecular weight is 507 g/mol. The number of nitrogens with zero attached hydrogens (tertiary/aromatic N) is 3. The first kappa shape index (κ1) is 23.6. The van der Waals surface area contributed by atoms with Gasteiger partial charge in [-0.15, -0.1) is 0 Å². The van der Waals surface area contributed by atoms with E-state index >= 15 is 0 Å². The average Bonchev–Trinajstić information content (AvgIpc) is 2.73. The zero-order chi connectivity index (χ0) is 23.5. The van der Waals surface area contributed by atoms with Crippen LogP contribution in [0.3, 0.4) is 0 Å². The Morgan fingerprint density at radius 2 is 1.84 bits per heavy atom. The van der Waals surface area contributed by atoms with Crippen LogP contribution in [-0.2, 0) is 9.47 Å². The Balaban J connectivity index is 1.75. The van der Waals surface area contributed by atoms with Crippen LogP contribution in [0.15, 0.2) is 34.9 Å². The number of halogens is 1. The Kier molecular flexibility index (Phi) is 7.12. The largest absolute Gasteiger partial charge is 0.465 e. The number of hydrogen-bond donors (Lipinski definition) is 1. The van der Waals surface area contributed by atoms with E-state index in [1.165, 1.54) is 13.3 Å². The van der Waals surface area contributed by atoms with Crippen molar-refractivity contribution in [2.45, 2.75) is 26.4 Å². The summed E-state index contributed by atoms with van der Waals surface area (Å²) in [6, 6.07) is 6.93. The lowest BCUT2D eigenvalue weighted by Gasteiger charge is -2.37. The van der Waals surface area contributed by atoms with Crippen molar-refractivity contribution in [2.75, 3.05) is 43.9 Å². The number of methoxy groups -OCH3 is 1. The number of esters is 1. The highest BCUT2D eigenvalue weighted by Gasteiger charge is 2.27. The summed E-state index contributed by atoms with van der Waals surface area (Å²) in [7, 11) is 1.31. The summed E-state index contributed by atoms with van der Waals surface area (Å²) in [5, 5.41) is 0. The van der Waals surface area contributed by atoms with E-state index in [1.54, 1.807) is 29.2 Å². The minimum atomic E-state index is -0.538. The first-order chi connectivity index (χ1) is 15.1. The Bertz CT molecular complexity index is 1000. The van der Waals surface area contributed by atoms with Crippen LogP contribution in [0.4, 0.5) is 16.3 Å². The van der Waals surface area contributed by atoms with E-state index in [0.29, 0.717) is 53.7 Å². The quantitative estimate of drug-likeness (QED) is 0.618. The van der Waals surface area contributed by atoms with Gasteiger partial charge in [-0.05, 0) is 48.8 Å². The molecule has 0 bridgehead atoms. The standard InChI is InChI=1S/C22H27BrN4O5/c1-22(2,3)32-21(29)27-10-8-26(9-11-27)16-12-14(13-25-19(16)24)31-17-7-5-6-15(23)18(17)20(28)30-4/h5-7,12-13H,8-11H2,1-4H3,(H2,24,25). The maximum atomic E-state index is 12.3. The van der Waals surface area contributed by atoms with E-state index in [2.05, 4.69) is 20.9 Å². The van der Waals surface area contributed by atoms with Gasteiger partial charge in [-0.3, -0.25) is 0 Å². The molecule has 0 spiro atoms. The van der Waals surface area contributed by atoms with Crippen molar-refractivity contribution in [1.29, 1.82) is 0 Å². The van der Waals surface area contributed by atoms with Crippen molar-refractivity contribution in [2.24, 2.45) is 0 Å². The van der Waals surface area contributed by atoms with Crippen molar-refractivity contribution in [1.82, 2.24) is 9.88 Å². The van der Waals surface area contributed by atoms with Crippen LogP contribution >= 0.6 is 15.9 Å². The van der Waals surface area contributed by atoms with Crippen LogP contribution < -0.4 is 15.4 Å². The van der Waals surface area contributed by atoms with E-state index in [-0.39, 0.29) is 11.7 Å². The normalized spacial score (nSPS) is 14.2. The molecule has 0 saturated carbocycles. The molecule has 32 heavy (non-hydrogen) atoms. The molecule has 2 N–H and O–H groups in total. The topological polar surface area (TPSA) is 107 Å². The monoisotopic (exact) mass is 506 g/mol. The summed E-state index contributed by atoms with van der Waals surface area (Å²) in [4.78, 5) is 32.4. The number of hydrogen-bond acceptors (Lipinski definition) is 8. The molecular formula is C22H27BrN4O5. The highest BCUT2D eigenvalue weighted by molar-refractivity contribution is 9.10. The fourth-order valence-corrected chi connectivity index (χ4v) is 3.74. The molecule has 3 rings (SSSR count). The molecule has 1 aliphatic heterocycles. The fourth-order valence-electron chi connectivity index (χ4n) is 3.23. The van der Waals surface area contributed by atoms with Crippen LogP contribution in [0.25, 0.3) is 0 Å². The number of pyridine rings is 1. The second-order valence-corrected chi connectivity index (χ2v) is 9.09. The van der Waals surface area contributed by atoms with E-state index in [0.717, 1.165) is 0 Å². The van der Waals surface area contributed by atoms with Crippen LogP contribution in [-0.4, -0.2) is 60.8 Å². The lowest BCUT2D eigenvalue weighted by Crippen LogP contribution is -2.50. The van der Waals surface area contributed by atoms with Crippen molar-refractivity contribution in [3.8, 4) is 11.5 Å². The highest BCUT2D eigenvalue weighted by Crippen LogP contribution is 2.34. The maximum absolute atomic E-state index is 12.3. The summed E-state index contributed by atoms with van der Waals surface area (Å²) < 4.78 is 16.8. The molecule has 1 aromatic heterocycles. The summed E-state index contributed by atoms with van der Waals surface area (Å²) in [6.45, 7) is 7.66. The van der Waals surface area contributed by atoms with Gasteiger partial charge in [-0.1, -0.05) is 6.07 Å². The zero-order valence-electron chi connectivity index (χ0n) is 18.6. The van der Waals surface area contributed by atoms with Gasteiger partial charge >= 0.3 is 12.1 Å². The Morgan fingerprint density at radius 3 is 2.47 bits per heavy atom. The Labute approximate surface area is 195 Å². The molecule has 0 atom stereocenters. The van der Waals surface area contributed by atoms with Gasteiger partial charge in [0.05, 0.1) is 19.0 Å². The number of piperazine rings is 1. The molecule has 2 heterocycles. The number of nitrogens with two attached hydrogens (primary N) is 1. The van der Waals surface area contributed by atoms with Gasteiger partial charge in [0.2, 0.25) is 0 Å². The molecule has 1 saturated heterocycles. The Hall–Kier alpha value is -3.01. The highest BCUT2D eigenvalue weighted by atomic mass is 79.9.